The fourth-order valence-corrected chi connectivity index (χ4v) is 7.34. The number of amides is 9. The SMILES string of the molecule is CC[C@H](C)[C@H](NC(=O)[C@H](Cc1cnc[nH]1)NC(=O)[C@@H](NC(=O)[C@@H](NC(=O)[C@H](CCC(N)=O)NC(=O)[C@@H](N)CO)[C@@H](C)O)[C@@H](C)O)C(=O)N1CCC[C@H]1C(=O)N[C@@H](CC(C)C)C(=O)N[C@H](C(=O)O)[C@@H](C)O. The van der Waals surface area contributed by atoms with E-state index in [2.05, 4.69) is 47.2 Å². The summed E-state index contributed by atoms with van der Waals surface area (Å²) in [5, 5.41) is 66.8. The fourth-order valence-electron chi connectivity index (χ4n) is 7.34. The van der Waals surface area contributed by atoms with E-state index in [9.17, 15) is 73.5 Å². The Bertz CT molecular complexity index is 1970. The zero-order valence-corrected chi connectivity index (χ0v) is 40.5. The first-order valence-corrected chi connectivity index (χ1v) is 23.1. The third kappa shape index (κ3) is 18.2. The van der Waals surface area contributed by atoms with Crippen molar-refractivity contribution >= 4 is 59.1 Å². The molecule has 1 aliphatic rings. The highest BCUT2D eigenvalue weighted by atomic mass is 16.4. The van der Waals surface area contributed by atoms with Gasteiger partial charge in [0.25, 0.3) is 0 Å². The molecule has 0 unspecified atom stereocenters. The average molecular weight is 997 g/mol. The maximum absolute atomic E-state index is 14.4. The molecule has 9 amide bonds. The van der Waals surface area contributed by atoms with Gasteiger partial charge >= 0.3 is 5.97 Å². The van der Waals surface area contributed by atoms with Gasteiger partial charge in [-0.3, -0.25) is 43.2 Å². The van der Waals surface area contributed by atoms with Crippen LogP contribution in [-0.4, -0.2) is 185 Å². The van der Waals surface area contributed by atoms with Crippen molar-refractivity contribution in [2.24, 2.45) is 23.3 Å². The van der Waals surface area contributed by atoms with E-state index in [-0.39, 0.29) is 38.1 Å². The number of carboxylic acids is 1. The predicted molar refractivity (Wildman–Crippen MR) is 246 cm³/mol. The van der Waals surface area contributed by atoms with Gasteiger partial charge in [-0.2, -0.15) is 0 Å². The van der Waals surface area contributed by atoms with Gasteiger partial charge in [0, 0.05) is 31.3 Å². The Hall–Kier alpha value is -6.29. The molecule has 0 aliphatic carbocycles. The molecule has 0 aromatic carbocycles. The number of carboxylic acid groups (broad SMARTS) is 1. The van der Waals surface area contributed by atoms with Crippen LogP contribution in [0.3, 0.4) is 0 Å². The Labute approximate surface area is 404 Å². The van der Waals surface area contributed by atoms with Crippen molar-refractivity contribution < 1.29 is 73.5 Å². The zero-order chi connectivity index (χ0) is 53.2. The summed E-state index contributed by atoms with van der Waals surface area (Å²) < 4.78 is 0. The van der Waals surface area contributed by atoms with Crippen LogP contribution in [0.5, 0.6) is 0 Å². The summed E-state index contributed by atoms with van der Waals surface area (Å²) in [6.45, 7) is 9.69. The van der Waals surface area contributed by atoms with E-state index >= 15 is 0 Å². The number of imidazole rings is 1. The second-order valence-electron chi connectivity index (χ2n) is 18.0. The number of hydrogen-bond acceptors (Lipinski definition) is 16. The van der Waals surface area contributed by atoms with Gasteiger partial charge in [-0.25, -0.2) is 9.78 Å². The third-order valence-electron chi connectivity index (χ3n) is 11.6. The molecule has 13 atom stereocenters. The van der Waals surface area contributed by atoms with E-state index in [1.165, 1.54) is 24.3 Å². The van der Waals surface area contributed by atoms with Gasteiger partial charge in [-0.15, -0.1) is 0 Å². The van der Waals surface area contributed by atoms with Crippen molar-refractivity contribution in [1.82, 2.24) is 52.1 Å². The standard InChI is InChI=1S/C43H72N12O15/c1-8-20(4)31(42(68)55-13-9-10-29(55)39(65)49-27(14-19(2)3)37(63)54-34(23(7)59)43(69)70)51-38(64)28(15-24-16-46-18-47-24)50-40(66)32(21(5)57)53-41(67)33(22(6)58)52-36(62)26(11-12-30(45)60)48-35(61)25(44)17-56/h16,18-23,25-29,31-34,56-59H,8-15,17,44H2,1-7H3,(H2,45,60)(H,46,47)(H,48,61)(H,49,65)(H,50,66)(H,51,64)(H,52,62)(H,53,67)(H,54,63)(H,69,70)/t20-,21+,22+,23+,25-,26-,27-,28-,29-,31-,32-,33-,34-/m0/s1. The minimum Gasteiger partial charge on any atom is -0.480 e. The number of aliphatic hydroxyl groups excluding tert-OH is 4. The number of rotatable bonds is 29. The fraction of sp³-hybridized carbons (Fsp3) is 0.698. The van der Waals surface area contributed by atoms with Crippen LogP contribution in [0.4, 0.5) is 0 Å². The number of nitrogens with two attached hydrogens (primary N) is 2. The van der Waals surface area contributed by atoms with Gasteiger partial charge in [-0.1, -0.05) is 34.1 Å². The molecule has 2 heterocycles. The largest absolute Gasteiger partial charge is 0.480 e. The first kappa shape index (κ1) is 59.8. The minimum absolute atomic E-state index is 0.0837. The van der Waals surface area contributed by atoms with Crippen molar-refractivity contribution in [3.05, 3.63) is 18.2 Å². The lowest BCUT2D eigenvalue weighted by atomic mass is 9.96. The molecular weight excluding hydrogens is 925 g/mol. The number of H-pyrrole nitrogens is 1. The topological polar surface area (TPSA) is 440 Å². The van der Waals surface area contributed by atoms with Crippen LogP contribution in [0, 0.1) is 11.8 Å². The first-order chi connectivity index (χ1) is 32.7. The Morgan fingerprint density at radius 1 is 0.729 bits per heavy atom. The smallest absolute Gasteiger partial charge is 0.328 e. The number of likely N-dealkylation sites (tertiary alicyclic amines) is 1. The van der Waals surface area contributed by atoms with Crippen LogP contribution in [0.15, 0.2) is 12.5 Å². The van der Waals surface area contributed by atoms with Gasteiger partial charge < -0.3 is 84.1 Å². The number of aliphatic carboxylic acids is 1. The van der Waals surface area contributed by atoms with Gasteiger partial charge in [0.05, 0.1) is 31.2 Å². The second kappa shape index (κ2) is 28.4. The molecule has 27 heteroatoms. The third-order valence-corrected chi connectivity index (χ3v) is 11.6. The Balaban J connectivity index is 2.39. The van der Waals surface area contributed by atoms with Gasteiger partial charge in [-0.05, 0) is 58.3 Å². The van der Waals surface area contributed by atoms with Crippen LogP contribution in [0.1, 0.15) is 92.7 Å². The summed E-state index contributed by atoms with van der Waals surface area (Å²) in [6.07, 6.45) is -2.23. The number of primary amides is 1. The summed E-state index contributed by atoms with van der Waals surface area (Å²) >= 11 is 0. The number of nitrogens with zero attached hydrogens (tertiary/aromatic N) is 2. The highest BCUT2D eigenvalue weighted by molar-refractivity contribution is 5.98. The predicted octanol–water partition coefficient (Wildman–Crippen LogP) is -5.76. The molecule has 1 fully saturated rings. The molecular formula is C43H72N12O15. The molecule has 27 nitrogen and oxygen atoms in total. The molecule has 0 saturated carbocycles. The number of aromatic amines is 1. The number of carbonyl (C=O) groups is 10. The number of hydrogen-bond donors (Lipinski definition) is 15. The second-order valence-corrected chi connectivity index (χ2v) is 18.0. The summed E-state index contributed by atoms with van der Waals surface area (Å²) in [6, 6.07) is -13.5. The van der Waals surface area contributed by atoms with Gasteiger partial charge in [0.2, 0.25) is 53.2 Å². The Morgan fingerprint density at radius 3 is 1.74 bits per heavy atom. The molecule has 2 rings (SSSR count). The van der Waals surface area contributed by atoms with E-state index in [0.29, 0.717) is 18.5 Å². The average Bonchev–Trinajstić information content (AvgIpc) is 4.00. The van der Waals surface area contributed by atoms with Crippen molar-refractivity contribution in [2.75, 3.05) is 13.2 Å². The van der Waals surface area contributed by atoms with Crippen molar-refractivity contribution in [2.45, 2.75) is 166 Å². The lowest BCUT2D eigenvalue weighted by Crippen LogP contribution is -2.63. The van der Waals surface area contributed by atoms with Crippen LogP contribution < -0.4 is 48.7 Å². The molecule has 70 heavy (non-hydrogen) atoms. The van der Waals surface area contributed by atoms with Crippen molar-refractivity contribution in [3.8, 4) is 0 Å². The molecule has 0 radical (unpaired) electrons. The maximum Gasteiger partial charge on any atom is 0.328 e. The van der Waals surface area contributed by atoms with Crippen LogP contribution in [-0.2, 0) is 54.4 Å². The molecule has 1 aliphatic heterocycles. The lowest BCUT2D eigenvalue weighted by molar-refractivity contribution is -0.146. The van der Waals surface area contributed by atoms with Crippen molar-refractivity contribution in [1.29, 1.82) is 0 Å². The summed E-state index contributed by atoms with van der Waals surface area (Å²) in [5.41, 5.74) is 11.1. The number of aliphatic hydroxyl groups is 4. The van der Waals surface area contributed by atoms with E-state index in [4.69, 9.17) is 11.5 Å². The Kier molecular flexibility index (Phi) is 24.3. The van der Waals surface area contributed by atoms with Crippen LogP contribution >= 0.6 is 0 Å². The molecule has 17 N–H and O–H groups in total. The monoisotopic (exact) mass is 997 g/mol. The molecule has 1 saturated heterocycles. The molecule has 1 aromatic heterocycles. The first-order valence-electron chi connectivity index (χ1n) is 23.1. The van der Waals surface area contributed by atoms with Crippen LogP contribution in [0.25, 0.3) is 0 Å². The summed E-state index contributed by atoms with van der Waals surface area (Å²) in [5.74, 6) is -10.6. The molecule has 1 aromatic rings. The zero-order valence-electron chi connectivity index (χ0n) is 40.5. The normalized spacial score (nSPS) is 18.7. The van der Waals surface area contributed by atoms with Gasteiger partial charge in [0.15, 0.2) is 6.04 Å². The van der Waals surface area contributed by atoms with E-state index in [1.807, 2.05) is 0 Å². The van der Waals surface area contributed by atoms with E-state index < -0.39 is 151 Å². The quantitative estimate of drug-likeness (QED) is 0.0356. The highest BCUT2D eigenvalue weighted by Gasteiger charge is 2.42. The molecule has 394 valence electrons. The summed E-state index contributed by atoms with van der Waals surface area (Å²) in [4.78, 5) is 140. The Morgan fingerprint density at radius 2 is 1.24 bits per heavy atom. The number of carbonyl (C=O) groups excluding carboxylic acids is 9. The molecule has 0 spiro atoms. The minimum atomic E-state index is -1.85. The van der Waals surface area contributed by atoms with E-state index in [1.54, 1.807) is 27.7 Å². The van der Waals surface area contributed by atoms with Crippen molar-refractivity contribution in [3.63, 3.8) is 0 Å². The molecule has 0 bridgehead atoms. The highest BCUT2D eigenvalue weighted by Crippen LogP contribution is 2.22. The van der Waals surface area contributed by atoms with Crippen LogP contribution in [0.2, 0.25) is 0 Å². The number of aromatic nitrogens is 2. The lowest BCUT2D eigenvalue weighted by Gasteiger charge is -2.33. The van der Waals surface area contributed by atoms with Gasteiger partial charge in [0.1, 0.15) is 48.3 Å². The summed E-state index contributed by atoms with van der Waals surface area (Å²) in [7, 11) is 0. The maximum atomic E-state index is 14.4. The van der Waals surface area contributed by atoms with E-state index in [0.717, 1.165) is 13.8 Å². The number of nitrogens with one attached hydrogen (secondary N) is 8.